The number of halogens is 1. The highest BCUT2D eigenvalue weighted by Crippen LogP contribution is 2.16. The number of nitrogens with one attached hydrogen (secondary N) is 1. The van der Waals surface area contributed by atoms with E-state index in [1.807, 2.05) is 30.3 Å². The molecule has 0 aromatic heterocycles. The number of carbonyl (C=O) groups is 2. The molecule has 0 unspecified atom stereocenters. The first-order chi connectivity index (χ1) is 13.0. The van der Waals surface area contributed by atoms with Crippen LogP contribution in [0.5, 0.6) is 0 Å². The standard InChI is InChI=1S/C22H19ClN2O2/c1-25(15-16-6-3-2-4-7-16)22(27)18-9-5-8-17(14-18)21(26)24-20-12-10-19(23)11-13-20/h2-14H,15H2,1H3,(H,24,26). The van der Waals surface area contributed by atoms with E-state index in [1.54, 1.807) is 60.5 Å². The fourth-order valence-electron chi connectivity index (χ4n) is 2.68. The molecule has 1 N–H and O–H groups in total. The van der Waals surface area contributed by atoms with Gasteiger partial charge in [-0.05, 0) is 48.0 Å². The van der Waals surface area contributed by atoms with Crippen molar-refractivity contribution >= 4 is 29.1 Å². The predicted octanol–water partition coefficient (Wildman–Crippen LogP) is 4.86. The summed E-state index contributed by atoms with van der Waals surface area (Å²) >= 11 is 5.85. The minimum absolute atomic E-state index is 0.139. The monoisotopic (exact) mass is 378 g/mol. The Morgan fingerprint density at radius 2 is 1.56 bits per heavy atom. The van der Waals surface area contributed by atoms with E-state index >= 15 is 0 Å². The van der Waals surface area contributed by atoms with Crippen molar-refractivity contribution in [1.29, 1.82) is 0 Å². The molecule has 27 heavy (non-hydrogen) atoms. The van der Waals surface area contributed by atoms with Crippen LogP contribution in [0, 0.1) is 0 Å². The van der Waals surface area contributed by atoms with E-state index in [0.29, 0.717) is 28.4 Å². The lowest BCUT2D eigenvalue weighted by Crippen LogP contribution is -2.26. The first kappa shape index (κ1) is 18.7. The van der Waals surface area contributed by atoms with E-state index in [4.69, 9.17) is 11.6 Å². The Bertz CT molecular complexity index is 940. The van der Waals surface area contributed by atoms with Gasteiger partial charge in [-0.25, -0.2) is 0 Å². The van der Waals surface area contributed by atoms with Crippen molar-refractivity contribution in [2.75, 3.05) is 12.4 Å². The Kier molecular flexibility index (Phi) is 5.89. The van der Waals surface area contributed by atoms with E-state index in [2.05, 4.69) is 5.32 Å². The molecule has 0 saturated heterocycles. The Morgan fingerprint density at radius 1 is 0.889 bits per heavy atom. The zero-order valence-electron chi connectivity index (χ0n) is 14.9. The van der Waals surface area contributed by atoms with Crippen molar-refractivity contribution in [2.24, 2.45) is 0 Å². The third-order valence-corrected chi connectivity index (χ3v) is 4.34. The maximum Gasteiger partial charge on any atom is 0.255 e. The first-order valence-electron chi connectivity index (χ1n) is 8.49. The Morgan fingerprint density at radius 3 is 2.26 bits per heavy atom. The summed E-state index contributed by atoms with van der Waals surface area (Å²) in [5, 5.41) is 3.40. The highest BCUT2D eigenvalue weighted by molar-refractivity contribution is 6.30. The minimum atomic E-state index is -0.280. The second kappa shape index (κ2) is 8.52. The quantitative estimate of drug-likeness (QED) is 0.688. The second-order valence-electron chi connectivity index (χ2n) is 6.19. The number of hydrogen-bond donors (Lipinski definition) is 1. The van der Waals surface area contributed by atoms with Gasteiger partial charge in [0, 0.05) is 35.4 Å². The van der Waals surface area contributed by atoms with Gasteiger partial charge < -0.3 is 10.2 Å². The summed E-state index contributed by atoms with van der Waals surface area (Å²) in [6, 6.07) is 23.3. The van der Waals surface area contributed by atoms with Crippen LogP contribution >= 0.6 is 11.6 Å². The average Bonchev–Trinajstić information content (AvgIpc) is 2.70. The maximum absolute atomic E-state index is 12.7. The molecule has 0 bridgehead atoms. The van der Waals surface area contributed by atoms with Crippen molar-refractivity contribution in [3.8, 4) is 0 Å². The smallest absolute Gasteiger partial charge is 0.255 e. The maximum atomic E-state index is 12.7. The summed E-state index contributed by atoms with van der Waals surface area (Å²) in [5.41, 5.74) is 2.58. The van der Waals surface area contributed by atoms with Crippen LogP contribution in [0.1, 0.15) is 26.3 Å². The summed E-state index contributed by atoms with van der Waals surface area (Å²) in [7, 11) is 1.75. The number of anilines is 1. The van der Waals surface area contributed by atoms with Crippen molar-refractivity contribution < 1.29 is 9.59 Å². The average molecular weight is 379 g/mol. The summed E-state index contributed by atoms with van der Waals surface area (Å²) in [6.07, 6.45) is 0. The van der Waals surface area contributed by atoms with Gasteiger partial charge in [-0.2, -0.15) is 0 Å². The summed E-state index contributed by atoms with van der Waals surface area (Å²) in [6.45, 7) is 0.501. The normalized spacial score (nSPS) is 10.3. The lowest BCUT2D eigenvalue weighted by atomic mass is 10.1. The van der Waals surface area contributed by atoms with Crippen molar-refractivity contribution in [3.63, 3.8) is 0 Å². The Balaban J connectivity index is 1.71. The predicted molar refractivity (Wildman–Crippen MR) is 108 cm³/mol. The molecular formula is C22H19ClN2O2. The molecule has 0 radical (unpaired) electrons. The van der Waals surface area contributed by atoms with Gasteiger partial charge in [0.1, 0.15) is 0 Å². The third-order valence-electron chi connectivity index (χ3n) is 4.08. The van der Waals surface area contributed by atoms with Crippen molar-refractivity contribution in [2.45, 2.75) is 6.54 Å². The molecule has 5 heteroatoms. The Labute approximate surface area is 163 Å². The van der Waals surface area contributed by atoms with Crippen LogP contribution in [0.3, 0.4) is 0 Å². The van der Waals surface area contributed by atoms with Crippen molar-refractivity contribution in [1.82, 2.24) is 4.90 Å². The molecule has 0 heterocycles. The molecule has 3 aromatic rings. The lowest BCUT2D eigenvalue weighted by Gasteiger charge is -2.17. The van der Waals surface area contributed by atoms with Crippen LogP contribution in [0.2, 0.25) is 5.02 Å². The Hall–Kier alpha value is -3.11. The van der Waals surface area contributed by atoms with Crippen molar-refractivity contribution in [3.05, 3.63) is 101 Å². The zero-order chi connectivity index (χ0) is 19.2. The molecule has 0 atom stereocenters. The van der Waals surface area contributed by atoms with Crippen LogP contribution in [-0.4, -0.2) is 23.8 Å². The summed E-state index contributed by atoms with van der Waals surface area (Å²) in [4.78, 5) is 26.8. The fraction of sp³-hybridized carbons (Fsp3) is 0.0909. The van der Waals surface area contributed by atoms with E-state index in [0.717, 1.165) is 5.56 Å². The number of amides is 2. The van der Waals surface area contributed by atoms with Crippen LogP contribution in [0.15, 0.2) is 78.9 Å². The van der Waals surface area contributed by atoms with Gasteiger partial charge in [0.15, 0.2) is 0 Å². The molecule has 3 aromatic carbocycles. The van der Waals surface area contributed by atoms with Gasteiger partial charge >= 0.3 is 0 Å². The van der Waals surface area contributed by atoms with Crippen LogP contribution in [0.25, 0.3) is 0 Å². The molecule has 2 amide bonds. The van der Waals surface area contributed by atoms with Crippen LogP contribution in [-0.2, 0) is 6.54 Å². The summed E-state index contributed by atoms with van der Waals surface area (Å²) in [5.74, 6) is -0.419. The van der Waals surface area contributed by atoms with Gasteiger partial charge in [0.25, 0.3) is 11.8 Å². The van der Waals surface area contributed by atoms with Gasteiger partial charge in [-0.15, -0.1) is 0 Å². The van der Waals surface area contributed by atoms with E-state index < -0.39 is 0 Å². The van der Waals surface area contributed by atoms with Crippen LogP contribution < -0.4 is 5.32 Å². The number of benzene rings is 3. The number of carbonyl (C=O) groups excluding carboxylic acids is 2. The first-order valence-corrected chi connectivity index (χ1v) is 8.87. The molecule has 136 valence electrons. The largest absolute Gasteiger partial charge is 0.337 e. The topological polar surface area (TPSA) is 49.4 Å². The van der Waals surface area contributed by atoms with Gasteiger partial charge in [-0.3, -0.25) is 9.59 Å². The van der Waals surface area contributed by atoms with Gasteiger partial charge in [0.05, 0.1) is 0 Å². The van der Waals surface area contributed by atoms with E-state index in [1.165, 1.54) is 0 Å². The molecule has 0 aliphatic heterocycles. The number of rotatable bonds is 5. The highest BCUT2D eigenvalue weighted by atomic mass is 35.5. The van der Waals surface area contributed by atoms with Gasteiger partial charge in [-0.1, -0.05) is 48.0 Å². The molecule has 0 saturated carbocycles. The molecule has 0 aliphatic carbocycles. The molecule has 0 spiro atoms. The zero-order valence-corrected chi connectivity index (χ0v) is 15.6. The van der Waals surface area contributed by atoms with Crippen LogP contribution in [0.4, 0.5) is 5.69 Å². The second-order valence-corrected chi connectivity index (χ2v) is 6.63. The fourth-order valence-corrected chi connectivity index (χ4v) is 2.81. The molecule has 0 fully saturated rings. The summed E-state index contributed by atoms with van der Waals surface area (Å²) < 4.78 is 0. The van der Waals surface area contributed by atoms with E-state index in [9.17, 15) is 9.59 Å². The lowest BCUT2D eigenvalue weighted by molar-refractivity contribution is 0.0785. The minimum Gasteiger partial charge on any atom is -0.337 e. The molecule has 4 nitrogen and oxygen atoms in total. The molecular weight excluding hydrogens is 360 g/mol. The number of nitrogens with zero attached hydrogens (tertiary/aromatic N) is 1. The van der Waals surface area contributed by atoms with Gasteiger partial charge in [0.2, 0.25) is 0 Å². The highest BCUT2D eigenvalue weighted by Gasteiger charge is 2.14. The SMILES string of the molecule is CN(Cc1ccccc1)C(=O)c1cccc(C(=O)Nc2ccc(Cl)cc2)c1. The molecule has 3 rings (SSSR count). The third kappa shape index (κ3) is 4.96. The van der Waals surface area contributed by atoms with E-state index in [-0.39, 0.29) is 11.8 Å². The number of hydrogen-bond acceptors (Lipinski definition) is 2. The molecule has 0 aliphatic rings.